The van der Waals surface area contributed by atoms with E-state index in [2.05, 4.69) is 4.98 Å². The van der Waals surface area contributed by atoms with Gasteiger partial charge in [-0.3, -0.25) is 14.6 Å². The van der Waals surface area contributed by atoms with Gasteiger partial charge in [-0.15, -0.1) is 0 Å². The minimum Gasteiger partial charge on any atom is -0.507 e. The van der Waals surface area contributed by atoms with Crippen LogP contribution in [-0.4, -0.2) is 40.9 Å². The summed E-state index contributed by atoms with van der Waals surface area (Å²) in [5.74, 6) is -0.701. The smallest absolute Gasteiger partial charge is 0.295 e. The minimum absolute atomic E-state index is 0. The van der Waals surface area contributed by atoms with Crippen LogP contribution in [0.1, 0.15) is 35.7 Å². The van der Waals surface area contributed by atoms with E-state index in [4.69, 9.17) is 9.47 Å². The SMILES string of the molecule is C.COc1ccc(OC)c(C2C(=C(O)c3ccc(C)cc3)C(=O)C(=O)N2Cc2cccnc2)c1. The Morgan fingerprint density at radius 3 is 2.41 bits per heavy atom. The monoisotopic (exact) mass is 460 g/mol. The number of ether oxygens (including phenoxy) is 2. The fourth-order valence-electron chi connectivity index (χ4n) is 3.97. The van der Waals surface area contributed by atoms with Gasteiger partial charge < -0.3 is 19.5 Å². The Labute approximate surface area is 199 Å². The van der Waals surface area contributed by atoms with Crippen molar-refractivity contribution in [2.75, 3.05) is 14.2 Å². The molecule has 0 saturated carbocycles. The molecule has 0 spiro atoms. The molecule has 0 aliphatic carbocycles. The van der Waals surface area contributed by atoms with Gasteiger partial charge in [0.15, 0.2) is 0 Å². The summed E-state index contributed by atoms with van der Waals surface area (Å²) >= 11 is 0. The van der Waals surface area contributed by atoms with E-state index >= 15 is 0 Å². The molecular weight excluding hydrogens is 432 g/mol. The lowest BCUT2D eigenvalue weighted by atomic mass is 9.94. The molecule has 0 bridgehead atoms. The lowest BCUT2D eigenvalue weighted by Crippen LogP contribution is -2.29. The van der Waals surface area contributed by atoms with Crippen LogP contribution in [0.5, 0.6) is 11.5 Å². The molecular formula is C27H28N2O5. The van der Waals surface area contributed by atoms with Crippen LogP contribution in [-0.2, 0) is 16.1 Å². The molecule has 0 radical (unpaired) electrons. The fraction of sp³-hybridized carbons (Fsp3) is 0.222. The third kappa shape index (κ3) is 4.50. The van der Waals surface area contributed by atoms with E-state index in [0.717, 1.165) is 11.1 Å². The number of aliphatic hydroxyl groups excluding tert-OH is 1. The number of aryl methyl sites for hydroxylation is 1. The summed E-state index contributed by atoms with van der Waals surface area (Å²) in [6.45, 7) is 2.06. The van der Waals surface area contributed by atoms with Crippen molar-refractivity contribution in [2.45, 2.75) is 26.9 Å². The topological polar surface area (TPSA) is 89.0 Å². The number of aliphatic hydroxyl groups is 1. The molecule has 4 rings (SSSR count). The first-order valence-electron chi connectivity index (χ1n) is 10.4. The second kappa shape index (κ2) is 10.2. The molecule has 2 aromatic carbocycles. The van der Waals surface area contributed by atoms with Gasteiger partial charge in [0.05, 0.1) is 25.8 Å². The second-order valence-electron chi connectivity index (χ2n) is 7.76. The largest absolute Gasteiger partial charge is 0.507 e. The number of carbonyl (C=O) groups excluding carboxylic acids is 2. The van der Waals surface area contributed by atoms with Gasteiger partial charge in [0.25, 0.3) is 11.7 Å². The first-order valence-corrected chi connectivity index (χ1v) is 10.4. The molecule has 1 unspecified atom stereocenters. The molecule has 1 fully saturated rings. The van der Waals surface area contributed by atoms with E-state index in [1.165, 1.54) is 19.1 Å². The van der Waals surface area contributed by atoms with Crippen LogP contribution in [0.3, 0.4) is 0 Å². The van der Waals surface area contributed by atoms with Crippen molar-refractivity contribution in [1.82, 2.24) is 9.88 Å². The lowest BCUT2D eigenvalue weighted by molar-refractivity contribution is -0.140. The molecule has 2 heterocycles. The number of nitrogens with zero attached hydrogens (tertiary/aromatic N) is 2. The number of aromatic nitrogens is 1. The predicted octanol–water partition coefficient (Wildman–Crippen LogP) is 4.67. The van der Waals surface area contributed by atoms with Crippen LogP contribution in [0, 0.1) is 6.92 Å². The molecule has 1 saturated heterocycles. The van der Waals surface area contributed by atoms with Gasteiger partial charge >= 0.3 is 0 Å². The lowest BCUT2D eigenvalue weighted by Gasteiger charge is -2.27. The second-order valence-corrected chi connectivity index (χ2v) is 7.76. The van der Waals surface area contributed by atoms with Gasteiger partial charge in [0.2, 0.25) is 0 Å². The van der Waals surface area contributed by atoms with Crippen molar-refractivity contribution < 1.29 is 24.2 Å². The van der Waals surface area contributed by atoms with E-state index in [9.17, 15) is 14.7 Å². The Hall–Kier alpha value is -4.13. The summed E-state index contributed by atoms with van der Waals surface area (Å²) < 4.78 is 10.9. The highest BCUT2D eigenvalue weighted by Crippen LogP contribution is 2.44. The summed E-state index contributed by atoms with van der Waals surface area (Å²) in [6, 6.07) is 15.0. The third-order valence-corrected chi connectivity index (χ3v) is 5.67. The Bertz CT molecular complexity index is 1220. The predicted molar refractivity (Wildman–Crippen MR) is 130 cm³/mol. The fourth-order valence-corrected chi connectivity index (χ4v) is 3.97. The number of benzene rings is 2. The number of pyridine rings is 1. The molecule has 1 aromatic heterocycles. The zero-order valence-electron chi connectivity index (χ0n) is 18.6. The van der Waals surface area contributed by atoms with Crippen molar-refractivity contribution in [3.63, 3.8) is 0 Å². The van der Waals surface area contributed by atoms with E-state index in [1.807, 2.05) is 25.1 Å². The summed E-state index contributed by atoms with van der Waals surface area (Å²) in [6.07, 6.45) is 3.27. The van der Waals surface area contributed by atoms with E-state index in [0.29, 0.717) is 22.6 Å². The molecule has 7 heteroatoms. The maximum absolute atomic E-state index is 13.2. The average molecular weight is 461 g/mol. The number of ketones is 1. The highest BCUT2D eigenvalue weighted by atomic mass is 16.5. The normalized spacial score (nSPS) is 16.8. The quantitative estimate of drug-likeness (QED) is 0.327. The number of likely N-dealkylation sites (tertiary alicyclic amines) is 1. The third-order valence-electron chi connectivity index (χ3n) is 5.67. The van der Waals surface area contributed by atoms with Gasteiger partial charge in [-0.05, 0) is 36.8 Å². The number of hydrogen-bond donors (Lipinski definition) is 1. The summed E-state index contributed by atoms with van der Waals surface area (Å²) in [5, 5.41) is 11.2. The molecule has 1 aliphatic rings. The van der Waals surface area contributed by atoms with Gasteiger partial charge in [-0.1, -0.05) is 43.3 Å². The maximum Gasteiger partial charge on any atom is 0.295 e. The van der Waals surface area contributed by atoms with Gasteiger partial charge in [0, 0.05) is 30.1 Å². The standard InChI is InChI=1S/C26H24N2O5.CH4/c1-16-6-8-18(9-7-16)24(29)22-23(20-13-19(32-2)10-11-21(20)33-3)28(26(31)25(22)30)15-17-5-4-12-27-14-17;/h4-14,23,29H,15H2,1-3H3;1H4. The molecule has 3 aromatic rings. The highest BCUT2D eigenvalue weighted by Gasteiger charge is 2.47. The zero-order valence-corrected chi connectivity index (χ0v) is 18.6. The molecule has 1 amide bonds. The minimum atomic E-state index is -0.878. The number of carbonyl (C=O) groups is 2. The Morgan fingerprint density at radius 1 is 1.06 bits per heavy atom. The number of Topliss-reactive ketones (excluding diaryl/α,β-unsaturated/α-hetero) is 1. The summed E-state index contributed by atoms with van der Waals surface area (Å²) in [5.41, 5.74) is 2.75. The summed E-state index contributed by atoms with van der Waals surface area (Å²) in [4.78, 5) is 32.0. The van der Waals surface area contributed by atoms with E-state index in [1.54, 1.807) is 48.8 Å². The van der Waals surface area contributed by atoms with Crippen molar-refractivity contribution in [3.05, 3.63) is 94.8 Å². The van der Waals surface area contributed by atoms with Gasteiger partial charge in [-0.2, -0.15) is 0 Å². The molecule has 1 aliphatic heterocycles. The van der Waals surface area contributed by atoms with E-state index < -0.39 is 17.7 Å². The first kappa shape index (κ1) is 24.5. The number of rotatable bonds is 6. The number of hydrogen-bond acceptors (Lipinski definition) is 6. The molecule has 34 heavy (non-hydrogen) atoms. The average Bonchev–Trinajstić information content (AvgIpc) is 3.09. The van der Waals surface area contributed by atoms with Crippen LogP contribution < -0.4 is 9.47 Å². The van der Waals surface area contributed by atoms with Crippen LogP contribution in [0.2, 0.25) is 0 Å². The molecule has 176 valence electrons. The first-order chi connectivity index (χ1) is 15.9. The van der Waals surface area contributed by atoms with Crippen LogP contribution in [0.4, 0.5) is 0 Å². The van der Waals surface area contributed by atoms with Crippen LogP contribution in [0.15, 0.2) is 72.6 Å². The van der Waals surface area contributed by atoms with Crippen LogP contribution >= 0.6 is 0 Å². The Morgan fingerprint density at radius 2 is 1.79 bits per heavy atom. The van der Waals surface area contributed by atoms with Crippen molar-refractivity contribution in [1.29, 1.82) is 0 Å². The Balaban J connectivity index is 0.00000324. The zero-order chi connectivity index (χ0) is 23.5. The van der Waals surface area contributed by atoms with Gasteiger partial charge in [0.1, 0.15) is 17.3 Å². The molecule has 1 N–H and O–H groups in total. The highest BCUT2D eigenvalue weighted by molar-refractivity contribution is 6.46. The van der Waals surface area contributed by atoms with Crippen molar-refractivity contribution >= 4 is 17.4 Å². The molecule has 7 nitrogen and oxygen atoms in total. The number of methoxy groups -OCH3 is 2. The van der Waals surface area contributed by atoms with Crippen molar-refractivity contribution in [2.24, 2.45) is 0 Å². The van der Waals surface area contributed by atoms with E-state index in [-0.39, 0.29) is 25.3 Å². The summed E-state index contributed by atoms with van der Waals surface area (Å²) in [7, 11) is 3.04. The van der Waals surface area contributed by atoms with Crippen molar-refractivity contribution in [3.8, 4) is 11.5 Å². The Kier molecular flexibility index (Phi) is 7.36. The maximum atomic E-state index is 13.2. The van der Waals surface area contributed by atoms with Gasteiger partial charge in [-0.25, -0.2) is 0 Å². The van der Waals surface area contributed by atoms with Crippen LogP contribution in [0.25, 0.3) is 5.76 Å². The number of amides is 1. The molecule has 1 atom stereocenters.